The van der Waals surface area contributed by atoms with Crippen LogP contribution in [0.3, 0.4) is 0 Å². The molecule has 9 heteroatoms. The summed E-state index contributed by atoms with van der Waals surface area (Å²) in [5.74, 6) is -0.824. The second-order valence-electron chi connectivity index (χ2n) is 8.18. The largest absolute Gasteiger partial charge is 0.480 e. The zero-order valence-corrected chi connectivity index (χ0v) is 20.9. The van der Waals surface area contributed by atoms with Gasteiger partial charge in [-0.05, 0) is 53.4 Å². The molecule has 4 rings (SSSR count). The summed E-state index contributed by atoms with van der Waals surface area (Å²) < 4.78 is 11.0. The summed E-state index contributed by atoms with van der Waals surface area (Å²) in [6.07, 6.45) is 0. The number of carbonyl (C=O) groups is 2. The molecule has 3 aromatic carbocycles. The van der Waals surface area contributed by atoms with Crippen LogP contribution in [0, 0.1) is 6.92 Å². The average molecular weight is 508 g/mol. The number of carbonyl (C=O) groups excluding carboxylic acids is 1. The van der Waals surface area contributed by atoms with Gasteiger partial charge in [-0.15, -0.1) is 12.4 Å². The zero-order chi connectivity index (χ0) is 24.9. The van der Waals surface area contributed by atoms with Crippen molar-refractivity contribution in [3.05, 3.63) is 83.4 Å². The lowest BCUT2D eigenvalue weighted by Crippen LogP contribution is -2.31. The molecule has 0 spiro atoms. The molecule has 0 saturated heterocycles. The first-order chi connectivity index (χ1) is 16.9. The Hall–Kier alpha value is -4.01. The minimum atomic E-state index is -1.08. The molecule has 1 aromatic heterocycles. The molecule has 36 heavy (non-hydrogen) atoms. The van der Waals surface area contributed by atoms with Gasteiger partial charge in [0, 0.05) is 30.8 Å². The lowest BCUT2D eigenvalue weighted by molar-refractivity contribution is -0.137. The quantitative estimate of drug-likeness (QED) is 0.353. The molecule has 0 bridgehead atoms. The van der Waals surface area contributed by atoms with E-state index in [2.05, 4.69) is 29.2 Å². The van der Waals surface area contributed by atoms with Crippen molar-refractivity contribution in [2.75, 3.05) is 20.7 Å². The molecule has 0 aliphatic heterocycles. The van der Waals surface area contributed by atoms with Gasteiger partial charge in [0.25, 0.3) is 11.8 Å². The number of nitrogens with zero attached hydrogens (tertiary/aromatic N) is 3. The number of hydrogen-bond acceptors (Lipinski definition) is 6. The van der Waals surface area contributed by atoms with E-state index in [0.29, 0.717) is 29.4 Å². The number of carboxylic acids is 1. The highest BCUT2D eigenvalue weighted by Gasteiger charge is 2.18. The van der Waals surface area contributed by atoms with Crippen molar-refractivity contribution in [1.82, 2.24) is 15.0 Å². The number of aliphatic carboxylic acids is 1. The molecule has 1 heterocycles. The molecule has 0 aliphatic rings. The summed E-state index contributed by atoms with van der Waals surface area (Å²) in [5, 5.41) is 13.0. The first-order valence-electron chi connectivity index (χ1n) is 11.0. The smallest absolute Gasteiger partial charge is 0.323 e. The standard InChI is InChI=1S/C27H25N3O5.ClH/c1-17-7-4-5-10-22(17)23-12-11-19(14-21(23)16-34-3)26-28-25(29-35-26)18-8-6-9-20(13-18)27(33)30(2)15-24(31)32;/h4-14H,15-16H2,1-3H3,(H,31,32);1H. The minimum absolute atomic E-state index is 0. The normalized spacial score (nSPS) is 10.5. The number of rotatable bonds is 8. The monoisotopic (exact) mass is 507 g/mol. The third-order valence-electron chi connectivity index (χ3n) is 5.60. The van der Waals surface area contributed by atoms with Gasteiger partial charge >= 0.3 is 5.97 Å². The van der Waals surface area contributed by atoms with Gasteiger partial charge in [-0.2, -0.15) is 4.98 Å². The molecule has 0 saturated carbocycles. The van der Waals surface area contributed by atoms with E-state index in [9.17, 15) is 9.59 Å². The Bertz CT molecular complexity index is 1390. The molecule has 0 fully saturated rings. The summed E-state index contributed by atoms with van der Waals surface area (Å²) in [6, 6.07) is 20.8. The second kappa shape index (κ2) is 11.6. The Morgan fingerprint density at radius 2 is 1.78 bits per heavy atom. The van der Waals surface area contributed by atoms with Gasteiger partial charge in [0.05, 0.1) is 6.61 Å². The number of benzene rings is 3. The zero-order valence-electron chi connectivity index (χ0n) is 20.1. The third kappa shape index (κ3) is 5.79. The fourth-order valence-corrected chi connectivity index (χ4v) is 3.88. The molecular formula is C27H26ClN3O5. The molecule has 0 atom stereocenters. The van der Waals surface area contributed by atoms with E-state index in [1.165, 1.54) is 12.6 Å². The summed E-state index contributed by atoms with van der Waals surface area (Å²) in [5.41, 5.74) is 6.04. The van der Waals surface area contributed by atoms with Crippen molar-refractivity contribution in [1.29, 1.82) is 0 Å². The number of carboxylic acid groups (broad SMARTS) is 1. The lowest BCUT2D eigenvalue weighted by Gasteiger charge is -2.14. The van der Waals surface area contributed by atoms with Crippen LogP contribution in [-0.2, 0) is 16.1 Å². The number of aromatic nitrogens is 2. The number of ether oxygens (including phenoxy) is 1. The molecular weight excluding hydrogens is 482 g/mol. The van der Waals surface area contributed by atoms with Gasteiger partial charge < -0.3 is 19.3 Å². The van der Waals surface area contributed by atoms with Gasteiger partial charge in [-0.1, -0.05) is 47.6 Å². The van der Waals surface area contributed by atoms with Crippen molar-refractivity contribution in [3.8, 4) is 34.0 Å². The molecule has 1 N–H and O–H groups in total. The lowest BCUT2D eigenvalue weighted by atomic mass is 9.94. The van der Waals surface area contributed by atoms with E-state index in [0.717, 1.165) is 27.2 Å². The number of aryl methyl sites for hydroxylation is 1. The van der Waals surface area contributed by atoms with Crippen LogP contribution in [0.5, 0.6) is 0 Å². The highest BCUT2D eigenvalue weighted by molar-refractivity contribution is 5.96. The second-order valence-corrected chi connectivity index (χ2v) is 8.18. The molecule has 1 amide bonds. The van der Waals surface area contributed by atoms with E-state index in [-0.39, 0.29) is 12.4 Å². The van der Waals surface area contributed by atoms with E-state index >= 15 is 0 Å². The van der Waals surface area contributed by atoms with Crippen molar-refractivity contribution in [2.45, 2.75) is 13.5 Å². The number of halogens is 1. The van der Waals surface area contributed by atoms with Crippen LogP contribution in [0.15, 0.2) is 71.3 Å². The average Bonchev–Trinajstić information content (AvgIpc) is 3.34. The number of hydrogen-bond donors (Lipinski definition) is 1. The molecule has 0 radical (unpaired) electrons. The van der Waals surface area contributed by atoms with Crippen LogP contribution in [0.25, 0.3) is 34.0 Å². The molecule has 8 nitrogen and oxygen atoms in total. The molecule has 186 valence electrons. The van der Waals surface area contributed by atoms with Crippen LogP contribution in [0.2, 0.25) is 0 Å². The van der Waals surface area contributed by atoms with Gasteiger partial charge in [0.1, 0.15) is 6.54 Å². The van der Waals surface area contributed by atoms with Gasteiger partial charge in [0.15, 0.2) is 0 Å². The fourth-order valence-electron chi connectivity index (χ4n) is 3.88. The summed E-state index contributed by atoms with van der Waals surface area (Å²) in [4.78, 5) is 29.1. The fraction of sp³-hybridized carbons (Fsp3) is 0.185. The predicted octanol–water partition coefficient (Wildman–Crippen LogP) is 5.10. The highest BCUT2D eigenvalue weighted by atomic mass is 35.5. The maximum absolute atomic E-state index is 12.5. The van der Waals surface area contributed by atoms with E-state index in [1.54, 1.807) is 31.4 Å². The number of amides is 1. The van der Waals surface area contributed by atoms with Gasteiger partial charge in [0.2, 0.25) is 5.82 Å². The molecule has 4 aromatic rings. The van der Waals surface area contributed by atoms with Crippen LogP contribution in [0.4, 0.5) is 0 Å². The first-order valence-corrected chi connectivity index (χ1v) is 11.0. The van der Waals surface area contributed by atoms with Crippen LogP contribution in [-0.4, -0.2) is 52.7 Å². The van der Waals surface area contributed by atoms with Crippen molar-refractivity contribution < 1.29 is 24.0 Å². The molecule has 0 aliphatic carbocycles. The predicted molar refractivity (Wildman–Crippen MR) is 138 cm³/mol. The van der Waals surface area contributed by atoms with Crippen LogP contribution in [0.1, 0.15) is 21.5 Å². The minimum Gasteiger partial charge on any atom is -0.480 e. The summed E-state index contributed by atoms with van der Waals surface area (Å²) >= 11 is 0. The van der Waals surface area contributed by atoms with Gasteiger partial charge in [-0.3, -0.25) is 9.59 Å². The summed E-state index contributed by atoms with van der Waals surface area (Å²) in [7, 11) is 3.09. The number of methoxy groups -OCH3 is 1. The maximum atomic E-state index is 12.5. The van der Waals surface area contributed by atoms with E-state index < -0.39 is 18.4 Å². The van der Waals surface area contributed by atoms with E-state index in [4.69, 9.17) is 14.4 Å². The Balaban J connectivity index is 0.00000361. The first kappa shape index (κ1) is 26.6. The highest BCUT2D eigenvalue weighted by Crippen LogP contribution is 2.31. The van der Waals surface area contributed by atoms with Crippen LogP contribution >= 0.6 is 12.4 Å². The van der Waals surface area contributed by atoms with Gasteiger partial charge in [-0.25, -0.2) is 0 Å². The van der Waals surface area contributed by atoms with Crippen molar-refractivity contribution in [3.63, 3.8) is 0 Å². The Kier molecular flexibility index (Phi) is 8.58. The Labute approximate surface area is 214 Å². The topological polar surface area (TPSA) is 106 Å². The van der Waals surface area contributed by atoms with Crippen molar-refractivity contribution in [2.24, 2.45) is 0 Å². The SMILES string of the molecule is COCc1cc(-c2nc(-c3cccc(C(=O)N(C)CC(=O)O)c3)no2)ccc1-c1ccccc1C.Cl. The Morgan fingerprint density at radius 1 is 1.00 bits per heavy atom. The summed E-state index contributed by atoms with van der Waals surface area (Å²) in [6.45, 7) is 2.10. The maximum Gasteiger partial charge on any atom is 0.323 e. The van der Waals surface area contributed by atoms with Crippen molar-refractivity contribution >= 4 is 24.3 Å². The third-order valence-corrected chi connectivity index (χ3v) is 5.60. The Morgan fingerprint density at radius 3 is 2.50 bits per heavy atom. The van der Waals surface area contributed by atoms with Crippen LogP contribution < -0.4 is 0 Å². The number of likely N-dealkylation sites (N-methyl/N-ethyl adjacent to an activating group) is 1. The van der Waals surface area contributed by atoms with E-state index in [1.807, 2.05) is 30.3 Å². The molecule has 0 unspecified atom stereocenters.